The Kier molecular flexibility index (Phi) is 5.79. The predicted octanol–water partition coefficient (Wildman–Crippen LogP) is 4.55. The van der Waals surface area contributed by atoms with Crippen molar-refractivity contribution in [3.63, 3.8) is 0 Å². The molecule has 0 fully saturated rings. The van der Waals surface area contributed by atoms with Crippen LogP contribution in [0.15, 0.2) is 54.6 Å². The van der Waals surface area contributed by atoms with Crippen molar-refractivity contribution in [3.8, 4) is 0 Å². The van der Waals surface area contributed by atoms with Crippen molar-refractivity contribution in [2.24, 2.45) is 0 Å². The molecular weight excluding hydrogens is 352 g/mol. The molecule has 6 nitrogen and oxygen atoms in total. The van der Waals surface area contributed by atoms with Gasteiger partial charge < -0.3 is 10.6 Å². The Labute approximate surface area is 164 Å². The van der Waals surface area contributed by atoms with Crippen molar-refractivity contribution in [1.29, 1.82) is 0 Å². The van der Waals surface area contributed by atoms with E-state index in [1.165, 1.54) is 12.5 Å². The summed E-state index contributed by atoms with van der Waals surface area (Å²) >= 11 is 0. The summed E-state index contributed by atoms with van der Waals surface area (Å²) in [6, 6.07) is 16.4. The van der Waals surface area contributed by atoms with E-state index in [9.17, 15) is 9.59 Å². The van der Waals surface area contributed by atoms with Crippen LogP contribution >= 0.6 is 0 Å². The normalized spacial score (nSPS) is 10.4. The van der Waals surface area contributed by atoms with Gasteiger partial charge in [0.2, 0.25) is 5.95 Å². The zero-order valence-electron chi connectivity index (χ0n) is 16.1. The number of Topliss-reactive ketones (excluding diaryl/α,β-unsaturated/α-hetero) is 1. The quantitative estimate of drug-likeness (QED) is 0.619. The van der Waals surface area contributed by atoms with Gasteiger partial charge in [-0.3, -0.25) is 9.59 Å². The van der Waals surface area contributed by atoms with Gasteiger partial charge in [0.1, 0.15) is 5.69 Å². The topological polar surface area (TPSA) is 84.0 Å². The molecular formula is C22H22N4O2. The molecule has 3 rings (SSSR count). The van der Waals surface area contributed by atoms with Gasteiger partial charge in [-0.05, 0) is 56.2 Å². The Balaban J connectivity index is 1.79. The maximum atomic E-state index is 12.6. The van der Waals surface area contributed by atoms with Crippen molar-refractivity contribution in [2.75, 3.05) is 10.6 Å². The van der Waals surface area contributed by atoms with Crippen LogP contribution in [0.2, 0.25) is 0 Å². The van der Waals surface area contributed by atoms with Gasteiger partial charge in [-0.15, -0.1) is 0 Å². The van der Waals surface area contributed by atoms with Crippen molar-refractivity contribution in [2.45, 2.75) is 27.2 Å². The predicted molar refractivity (Wildman–Crippen MR) is 110 cm³/mol. The number of nitrogens with one attached hydrogen (secondary N) is 2. The van der Waals surface area contributed by atoms with Gasteiger partial charge in [-0.2, -0.15) is 0 Å². The highest BCUT2D eigenvalue weighted by Gasteiger charge is 2.12. The lowest BCUT2D eigenvalue weighted by Crippen LogP contribution is -2.15. The van der Waals surface area contributed by atoms with Crippen LogP contribution in [-0.2, 0) is 6.42 Å². The molecule has 1 aromatic heterocycles. The summed E-state index contributed by atoms with van der Waals surface area (Å²) in [7, 11) is 0. The molecule has 142 valence electrons. The van der Waals surface area contributed by atoms with E-state index in [0.29, 0.717) is 28.6 Å². The first-order valence-electron chi connectivity index (χ1n) is 9.08. The average Bonchev–Trinajstić information content (AvgIpc) is 2.68. The summed E-state index contributed by atoms with van der Waals surface area (Å²) < 4.78 is 0. The van der Waals surface area contributed by atoms with E-state index in [2.05, 4.69) is 27.5 Å². The zero-order chi connectivity index (χ0) is 20.1. The molecule has 28 heavy (non-hydrogen) atoms. The fourth-order valence-corrected chi connectivity index (χ4v) is 2.70. The summed E-state index contributed by atoms with van der Waals surface area (Å²) in [4.78, 5) is 32.8. The van der Waals surface area contributed by atoms with Crippen molar-refractivity contribution < 1.29 is 9.59 Å². The van der Waals surface area contributed by atoms with Gasteiger partial charge in [-0.25, -0.2) is 9.97 Å². The number of rotatable bonds is 6. The monoisotopic (exact) mass is 374 g/mol. The number of aryl methyl sites for hydroxylation is 2. The van der Waals surface area contributed by atoms with Crippen LogP contribution in [0.4, 0.5) is 17.3 Å². The third kappa shape index (κ3) is 4.79. The number of nitrogens with zero attached hydrogens (tertiary/aromatic N) is 2. The van der Waals surface area contributed by atoms with E-state index < -0.39 is 0 Å². The van der Waals surface area contributed by atoms with Gasteiger partial charge in [-0.1, -0.05) is 31.2 Å². The molecule has 3 aromatic rings. The Morgan fingerprint density at radius 3 is 2.39 bits per heavy atom. The maximum absolute atomic E-state index is 12.6. The first-order valence-corrected chi connectivity index (χ1v) is 9.08. The van der Waals surface area contributed by atoms with E-state index in [1.54, 1.807) is 31.2 Å². The lowest BCUT2D eigenvalue weighted by molar-refractivity contribution is 0.101. The SMILES string of the molecule is CCc1ccc(NC(=O)c2cc(C)nc(Nc3cccc(C(C)=O)c3)n2)cc1. The minimum absolute atomic E-state index is 0.0250. The van der Waals surface area contributed by atoms with Gasteiger partial charge in [0.25, 0.3) is 5.91 Å². The zero-order valence-corrected chi connectivity index (χ0v) is 16.1. The van der Waals surface area contributed by atoms with Crippen LogP contribution in [0.3, 0.4) is 0 Å². The summed E-state index contributed by atoms with van der Waals surface area (Å²) in [5.74, 6) is -0.0366. The van der Waals surface area contributed by atoms with Gasteiger partial charge in [0.15, 0.2) is 5.78 Å². The number of amides is 1. The average molecular weight is 374 g/mol. The number of ketones is 1. The van der Waals surface area contributed by atoms with Gasteiger partial charge >= 0.3 is 0 Å². The molecule has 0 unspecified atom stereocenters. The van der Waals surface area contributed by atoms with Crippen LogP contribution in [0, 0.1) is 6.92 Å². The van der Waals surface area contributed by atoms with E-state index in [-0.39, 0.29) is 17.4 Å². The van der Waals surface area contributed by atoms with Crippen molar-refractivity contribution >= 4 is 29.0 Å². The highest BCUT2D eigenvalue weighted by Crippen LogP contribution is 2.17. The molecule has 0 spiro atoms. The lowest BCUT2D eigenvalue weighted by Gasteiger charge is -2.10. The Morgan fingerprint density at radius 2 is 1.71 bits per heavy atom. The molecule has 2 aromatic carbocycles. The summed E-state index contributed by atoms with van der Waals surface area (Å²) in [6.45, 7) is 5.39. The Bertz CT molecular complexity index is 1010. The largest absolute Gasteiger partial charge is 0.324 e. The summed E-state index contributed by atoms with van der Waals surface area (Å²) in [5, 5.41) is 5.91. The van der Waals surface area contributed by atoms with E-state index in [1.807, 2.05) is 30.3 Å². The molecule has 0 aliphatic carbocycles. The number of hydrogen-bond donors (Lipinski definition) is 2. The van der Waals surface area contributed by atoms with E-state index in [0.717, 1.165) is 6.42 Å². The second-order valence-electron chi connectivity index (χ2n) is 6.48. The van der Waals surface area contributed by atoms with Crippen LogP contribution in [0.1, 0.15) is 46.0 Å². The molecule has 1 amide bonds. The van der Waals surface area contributed by atoms with E-state index in [4.69, 9.17) is 0 Å². The number of carbonyl (C=O) groups is 2. The first-order chi connectivity index (χ1) is 13.4. The smallest absolute Gasteiger partial charge is 0.274 e. The fourth-order valence-electron chi connectivity index (χ4n) is 2.70. The molecule has 0 saturated heterocycles. The fraction of sp³-hybridized carbons (Fsp3) is 0.182. The molecule has 0 aliphatic rings. The van der Waals surface area contributed by atoms with Crippen LogP contribution in [0.25, 0.3) is 0 Å². The third-order valence-electron chi connectivity index (χ3n) is 4.23. The number of benzene rings is 2. The van der Waals surface area contributed by atoms with Gasteiger partial charge in [0, 0.05) is 22.6 Å². The van der Waals surface area contributed by atoms with Crippen molar-refractivity contribution in [1.82, 2.24) is 9.97 Å². The van der Waals surface area contributed by atoms with E-state index >= 15 is 0 Å². The highest BCUT2D eigenvalue weighted by atomic mass is 16.2. The first kappa shape index (κ1) is 19.2. The third-order valence-corrected chi connectivity index (χ3v) is 4.23. The standard InChI is InChI=1S/C22H22N4O2/c1-4-16-8-10-18(11-9-16)24-21(28)20-12-14(2)23-22(26-20)25-19-7-5-6-17(13-19)15(3)27/h5-13H,4H2,1-3H3,(H,24,28)(H,23,25,26). The maximum Gasteiger partial charge on any atom is 0.274 e. The second kappa shape index (κ2) is 8.43. The molecule has 0 aliphatic heterocycles. The van der Waals surface area contributed by atoms with Crippen molar-refractivity contribution in [3.05, 3.63) is 77.1 Å². The van der Waals surface area contributed by atoms with Crippen LogP contribution in [-0.4, -0.2) is 21.7 Å². The lowest BCUT2D eigenvalue weighted by atomic mass is 10.1. The molecule has 0 bridgehead atoms. The number of aromatic nitrogens is 2. The summed E-state index contributed by atoms with van der Waals surface area (Å²) in [5.41, 5.74) is 4.10. The number of anilines is 3. The minimum Gasteiger partial charge on any atom is -0.324 e. The minimum atomic E-state index is -0.310. The van der Waals surface area contributed by atoms with Crippen LogP contribution < -0.4 is 10.6 Å². The number of hydrogen-bond acceptors (Lipinski definition) is 5. The Hall–Kier alpha value is -3.54. The second-order valence-corrected chi connectivity index (χ2v) is 6.48. The molecule has 2 N–H and O–H groups in total. The summed E-state index contributed by atoms with van der Waals surface area (Å²) in [6.07, 6.45) is 0.944. The van der Waals surface area contributed by atoms with Crippen LogP contribution in [0.5, 0.6) is 0 Å². The highest BCUT2D eigenvalue weighted by molar-refractivity contribution is 6.03. The molecule has 1 heterocycles. The Morgan fingerprint density at radius 1 is 0.964 bits per heavy atom. The number of carbonyl (C=O) groups excluding carboxylic acids is 2. The van der Waals surface area contributed by atoms with Gasteiger partial charge in [0.05, 0.1) is 0 Å². The molecule has 6 heteroatoms. The molecule has 0 radical (unpaired) electrons. The molecule has 0 atom stereocenters. The molecule has 0 saturated carbocycles.